The second-order valence-electron chi connectivity index (χ2n) is 12.8. The molecule has 1 N–H and O–H groups in total. The zero-order valence-electron chi connectivity index (χ0n) is 25.9. The third kappa shape index (κ3) is 6.69. The molecule has 2 heterocycles. The van der Waals surface area contributed by atoms with Crippen molar-refractivity contribution in [1.29, 1.82) is 0 Å². The Bertz CT molecular complexity index is 1630. The highest BCUT2D eigenvalue weighted by atomic mass is 16.6. The minimum atomic E-state index is -0.505. The number of aryl methyl sites for hydroxylation is 1. The summed E-state index contributed by atoms with van der Waals surface area (Å²) < 4.78 is 11.6. The van der Waals surface area contributed by atoms with Gasteiger partial charge < -0.3 is 19.4 Å². The number of nitrogens with one attached hydrogen (secondary N) is 1. The van der Waals surface area contributed by atoms with Crippen molar-refractivity contribution in [3.8, 4) is 17.0 Å². The zero-order valence-corrected chi connectivity index (χ0v) is 25.9. The molecule has 43 heavy (non-hydrogen) atoms. The molecule has 0 atom stereocenters. The number of nitrogens with zero attached hydrogens (tertiary/aromatic N) is 2. The van der Waals surface area contributed by atoms with E-state index >= 15 is 0 Å². The molecule has 1 amide bonds. The fourth-order valence-corrected chi connectivity index (χ4v) is 6.00. The van der Waals surface area contributed by atoms with Crippen LogP contribution in [0.5, 0.6) is 5.75 Å². The van der Waals surface area contributed by atoms with Gasteiger partial charge in [-0.3, -0.25) is 10.1 Å². The van der Waals surface area contributed by atoms with E-state index < -0.39 is 5.60 Å². The van der Waals surface area contributed by atoms with Crippen molar-refractivity contribution < 1.29 is 19.2 Å². The number of piperidine rings is 1. The predicted molar refractivity (Wildman–Crippen MR) is 170 cm³/mol. The Labute approximate surface area is 253 Å². The smallest absolute Gasteiger partial charge is 0.410 e. The molecule has 1 aliphatic rings. The summed E-state index contributed by atoms with van der Waals surface area (Å²) in [7, 11) is 0. The van der Waals surface area contributed by atoms with Crippen LogP contribution in [0.2, 0.25) is 0 Å². The summed E-state index contributed by atoms with van der Waals surface area (Å²) in [5.41, 5.74) is 6.24. The van der Waals surface area contributed by atoms with E-state index in [4.69, 9.17) is 9.47 Å². The second kappa shape index (κ2) is 12.1. The number of hydrogen-bond donors (Lipinski definition) is 1. The van der Waals surface area contributed by atoms with E-state index in [1.807, 2.05) is 62.1 Å². The van der Waals surface area contributed by atoms with Crippen LogP contribution in [-0.2, 0) is 11.3 Å². The lowest BCUT2D eigenvalue weighted by molar-refractivity contribution is -0.386. The standard InChI is InChI=1S/C35H41N3O5/c1-22(2)31-28-19-26(25-14-16-37(17-15-25)34(39)43-35(4,5)6)12-13-29(28)36-32(31)27-18-23(3)33(38(40)41)30(20-27)42-21-24-10-8-7-9-11-24/h7-13,18-20,22,25,36H,14-17,21H2,1-6H3. The Morgan fingerprint density at radius 1 is 1.07 bits per heavy atom. The molecule has 1 fully saturated rings. The number of aromatic amines is 1. The third-order valence-corrected chi connectivity index (χ3v) is 8.03. The van der Waals surface area contributed by atoms with Crippen LogP contribution in [0.4, 0.5) is 10.5 Å². The van der Waals surface area contributed by atoms with Gasteiger partial charge in [-0.1, -0.05) is 50.2 Å². The highest BCUT2D eigenvalue weighted by Gasteiger charge is 2.29. The molecule has 1 aromatic heterocycles. The molecule has 5 rings (SSSR count). The average Bonchev–Trinajstić information content (AvgIpc) is 3.34. The molecule has 0 saturated carbocycles. The van der Waals surface area contributed by atoms with Crippen LogP contribution in [0.3, 0.4) is 0 Å². The molecule has 0 radical (unpaired) electrons. The van der Waals surface area contributed by atoms with E-state index in [1.165, 1.54) is 11.1 Å². The maximum absolute atomic E-state index is 12.6. The number of carbonyl (C=O) groups is 1. The van der Waals surface area contributed by atoms with Crippen LogP contribution < -0.4 is 4.74 Å². The number of amides is 1. The molecule has 8 nitrogen and oxygen atoms in total. The number of H-pyrrole nitrogens is 1. The van der Waals surface area contributed by atoms with Crippen LogP contribution in [0.1, 0.15) is 81.5 Å². The van der Waals surface area contributed by atoms with Crippen LogP contribution in [0.25, 0.3) is 22.2 Å². The number of hydrogen-bond acceptors (Lipinski definition) is 5. The van der Waals surface area contributed by atoms with Gasteiger partial charge in [0.2, 0.25) is 0 Å². The summed E-state index contributed by atoms with van der Waals surface area (Å²) >= 11 is 0. The number of rotatable bonds is 7. The first kappa shape index (κ1) is 30.1. The summed E-state index contributed by atoms with van der Waals surface area (Å²) in [5, 5.41) is 13.2. The number of nitro groups is 1. The van der Waals surface area contributed by atoms with E-state index in [-0.39, 0.29) is 35.0 Å². The molecule has 0 bridgehead atoms. The Kier molecular flexibility index (Phi) is 8.49. The minimum absolute atomic E-state index is 0.0121. The van der Waals surface area contributed by atoms with Crippen molar-refractivity contribution >= 4 is 22.7 Å². The van der Waals surface area contributed by atoms with Crippen molar-refractivity contribution in [3.05, 3.63) is 93.0 Å². The van der Waals surface area contributed by atoms with Gasteiger partial charge >= 0.3 is 11.8 Å². The summed E-state index contributed by atoms with van der Waals surface area (Å²) in [6.45, 7) is 13.3. The number of aromatic nitrogens is 1. The summed E-state index contributed by atoms with van der Waals surface area (Å²) in [5.74, 6) is 0.813. The Morgan fingerprint density at radius 3 is 2.40 bits per heavy atom. The summed E-state index contributed by atoms with van der Waals surface area (Å²) in [4.78, 5) is 29.6. The van der Waals surface area contributed by atoms with Gasteiger partial charge in [-0.25, -0.2) is 4.79 Å². The van der Waals surface area contributed by atoms with Crippen molar-refractivity contribution in [2.24, 2.45) is 0 Å². The molecular weight excluding hydrogens is 542 g/mol. The van der Waals surface area contributed by atoms with E-state index in [9.17, 15) is 14.9 Å². The van der Waals surface area contributed by atoms with Crippen LogP contribution in [0.15, 0.2) is 60.7 Å². The molecule has 1 saturated heterocycles. The molecule has 0 spiro atoms. The average molecular weight is 584 g/mol. The second-order valence-corrected chi connectivity index (χ2v) is 12.8. The molecule has 4 aromatic rings. The molecule has 8 heteroatoms. The number of benzene rings is 3. The predicted octanol–water partition coefficient (Wildman–Crippen LogP) is 8.87. The molecule has 0 unspecified atom stereocenters. The quantitative estimate of drug-likeness (QED) is 0.173. The van der Waals surface area contributed by atoms with Crippen LogP contribution in [0, 0.1) is 17.0 Å². The van der Waals surface area contributed by atoms with Gasteiger partial charge in [0.15, 0.2) is 5.75 Å². The molecule has 226 valence electrons. The van der Waals surface area contributed by atoms with Gasteiger partial charge in [0.25, 0.3) is 0 Å². The topological polar surface area (TPSA) is 97.7 Å². The number of fused-ring (bicyclic) bond motifs is 1. The zero-order chi connectivity index (χ0) is 30.9. The SMILES string of the molecule is Cc1cc(-c2[nH]c3ccc(C4CCN(C(=O)OC(C)(C)C)CC4)cc3c2C(C)C)cc(OCc2ccccc2)c1[N+](=O)[O-]. The van der Waals surface area contributed by atoms with Gasteiger partial charge in [0.1, 0.15) is 12.2 Å². The lowest BCUT2D eigenvalue weighted by atomic mass is 9.87. The van der Waals surface area contributed by atoms with Gasteiger partial charge in [-0.2, -0.15) is 0 Å². The summed E-state index contributed by atoms with van der Waals surface area (Å²) in [6, 6.07) is 19.9. The summed E-state index contributed by atoms with van der Waals surface area (Å²) in [6.07, 6.45) is 1.51. The van der Waals surface area contributed by atoms with E-state index in [0.29, 0.717) is 24.6 Å². The van der Waals surface area contributed by atoms with Gasteiger partial charge in [0, 0.05) is 35.1 Å². The van der Waals surface area contributed by atoms with E-state index in [1.54, 1.807) is 13.0 Å². The Balaban J connectivity index is 1.46. The van der Waals surface area contributed by atoms with Crippen molar-refractivity contribution in [2.45, 2.75) is 78.4 Å². The van der Waals surface area contributed by atoms with Gasteiger partial charge in [-0.05, 0) is 93.3 Å². The molecule has 0 aliphatic carbocycles. The highest BCUT2D eigenvalue weighted by molar-refractivity contribution is 5.92. The molecule has 3 aromatic carbocycles. The van der Waals surface area contributed by atoms with Gasteiger partial charge in [-0.15, -0.1) is 0 Å². The monoisotopic (exact) mass is 583 g/mol. The fraction of sp³-hybridized carbons (Fsp3) is 0.400. The molecular formula is C35H41N3O5. The maximum Gasteiger partial charge on any atom is 0.410 e. The van der Waals surface area contributed by atoms with Crippen molar-refractivity contribution in [1.82, 2.24) is 9.88 Å². The van der Waals surface area contributed by atoms with Crippen molar-refractivity contribution in [3.63, 3.8) is 0 Å². The number of carbonyl (C=O) groups excluding carboxylic acids is 1. The third-order valence-electron chi connectivity index (χ3n) is 8.03. The lowest BCUT2D eigenvalue weighted by Crippen LogP contribution is -2.41. The van der Waals surface area contributed by atoms with Crippen LogP contribution in [-0.4, -0.2) is 39.6 Å². The Hall–Kier alpha value is -4.33. The number of likely N-dealkylation sites (tertiary alicyclic amines) is 1. The maximum atomic E-state index is 12.6. The van der Waals surface area contributed by atoms with Gasteiger partial charge in [0.05, 0.1) is 10.6 Å². The highest BCUT2D eigenvalue weighted by Crippen LogP contribution is 2.42. The largest absolute Gasteiger partial charge is 0.482 e. The lowest BCUT2D eigenvalue weighted by Gasteiger charge is -2.33. The Morgan fingerprint density at radius 2 is 1.77 bits per heavy atom. The van der Waals surface area contributed by atoms with E-state index in [2.05, 4.69) is 37.0 Å². The minimum Gasteiger partial charge on any atom is -0.482 e. The first-order valence-electron chi connectivity index (χ1n) is 15.0. The first-order valence-corrected chi connectivity index (χ1v) is 15.0. The molecule has 1 aliphatic heterocycles. The fourth-order valence-electron chi connectivity index (χ4n) is 6.00. The number of ether oxygens (including phenoxy) is 2. The number of nitro benzene ring substituents is 1. The van der Waals surface area contributed by atoms with Crippen LogP contribution >= 0.6 is 0 Å². The van der Waals surface area contributed by atoms with E-state index in [0.717, 1.165) is 40.6 Å². The van der Waals surface area contributed by atoms with Crippen molar-refractivity contribution in [2.75, 3.05) is 13.1 Å². The first-order chi connectivity index (χ1) is 20.4. The normalized spacial score (nSPS) is 14.3.